The van der Waals surface area contributed by atoms with E-state index in [1.807, 2.05) is 71.1 Å². The number of hydrogen-bond donors (Lipinski definition) is 1. The van der Waals surface area contributed by atoms with E-state index in [0.29, 0.717) is 23.8 Å². The molecule has 2 atom stereocenters. The highest BCUT2D eigenvalue weighted by Crippen LogP contribution is 2.22. The monoisotopic (exact) mass is 378 g/mol. The first-order valence-electron chi connectivity index (χ1n) is 9.80. The molecule has 1 aliphatic rings. The van der Waals surface area contributed by atoms with E-state index in [1.54, 1.807) is 0 Å². The summed E-state index contributed by atoms with van der Waals surface area (Å²) in [6, 6.07) is 13.4. The average Bonchev–Trinajstić information content (AvgIpc) is 3.15. The summed E-state index contributed by atoms with van der Waals surface area (Å²) in [4.78, 5) is 19.4. The van der Waals surface area contributed by atoms with Crippen molar-refractivity contribution >= 4 is 11.6 Å². The van der Waals surface area contributed by atoms with Gasteiger partial charge in [-0.15, -0.1) is 0 Å². The van der Waals surface area contributed by atoms with Gasteiger partial charge in [-0.2, -0.15) is 0 Å². The van der Waals surface area contributed by atoms with Gasteiger partial charge >= 0.3 is 0 Å². The van der Waals surface area contributed by atoms with Crippen LogP contribution >= 0.6 is 0 Å². The molecule has 0 radical (unpaired) electrons. The summed E-state index contributed by atoms with van der Waals surface area (Å²) in [6.07, 6.45) is 6.00. The Hall–Kier alpha value is -2.86. The fraction of sp³-hybridized carbons (Fsp3) is 0.364. The molecule has 3 heterocycles. The minimum Gasteiger partial charge on any atom is -0.487 e. The van der Waals surface area contributed by atoms with Gasteiger partial charge in [0.2, 0.25) is 0 Å². The Bertz CT molecular complexity index is 933. The van der Waals surface area contributed by atoms with E-state index < -0.39 is 0 Å². The van der Waals surface area contributed by atoms with Crippen molar-refractivity contribution in [3.63, 3.8) is 0 Å². The summed E-state index contributed by atoms with van der Waals surface area (Å²) in [5.74, 6) is 1.08. The first-order chi connectivity index (χ1) is 13.6. The van der Waals surface area contributed by atoms with Crippen molar-refractivity contribution in [1.82, 2.24) is 14.3 Å². The molecule has 146 valence electrons. The number of piperidine rings is 1. The summed E-state index contributed by atoms with van der Waals surface area (Å²) in [7, 11) is 0. The van der Waals surface area contributed by atoms with Gasteiger partial charge in [0.15, 0.2) is 0 Å². The number of nitrogens with zero attached hydrogens (tertiary/aromatic N) is 3. The Kier molecular flexibility index (Phi) is 5.30. The second kappa shape index (κ2) is 8.02. The largest absolute Gasteiger partial charge is 0.487 e. The highest BCUT2D eigenvalue weighted by Gasteiger charge is 2.26. The van der Waals surface area contributed by atoms with E-state index in [2.05, 4.69) is 4.98 Å². The van der Waals surface area contributed by atoms with Crippen LogP contribution in [-0.4, -0.2) is 39.3 Å². The van der Waals surface area contributed by atoms with Crippen LogP contribution in [0.1, 0.15) is 35.8 Å². The molecule has 0 saturated carbocycles. The minimum atomic E-state index is 0.0449. The molecule has 1 aliphatic heterocycles. The minimum absolute atomic E-state index is 0.0449. The molecule has 0 spiro atoms. The van der Waals surface area contributed by atoms with E-state index in [4.69, 9.17) is 10.5 Å². The van der Waals surface area contributed by atoms with Crippen LogP contribution in [0.2, 0.25) is 0 Å². The summed E-state index contributed by atoms with van der Waals surface area (Å²) >= 11 is 0. The summed E-state index contributed by atoms with van der Waals surface area (Å²) in [6.45, 7) is 3.89. The van der Waals surface area contributed by atoms with Gasteiger partial charge in [0.1, 0.15) is 18.0 Å². The molecular formula is C22H26N4O2. The second-order valence-corrected chi connectivity index (χ2v) is 7.53. The fourth-order valence-electron chi connectivity index (χ4n) is 3.74. The van der Waals surface area contributed by atoms with Crippen molar-refractivity contribution in [3.05, 3.63) is 66.1 Å². The number of aromatic nitrogens is 2. The van der Waals surface area contributed by atoms with E-state index in [1.165, 1.54) is 0 Å². The summed E-state index contributed by atoms with van der Waals surface area (Å²) in [5, 5.41) is 0. The number of benzene rings is 1. The van der Waals surface area contributed by atoms with Gasteiger partial charge in [-0.05, 0) is 56.0 Å². The molecule has 2 aromatic heterocycles. The number of amides is 1. The molecule has 1 fully saturated rings. The van der Waals surface area contributed by atoms with Crippen molar-refractivity contribution in [2.24, 2.45) is 11.7 Å². The molecule has 6 nitrogen and oxygen atoms in total. The van der Waals surface area contributed by atoms with Gasteiger partial charge in [-0.1, -0.05) is 12.1 Å². The molecule has 28 heavy (non-hydrogen) atoms. The maximum atomic E-state index is 12.9. The van der Waals surface area contributed by atoms with Gasteiger partial charge < -0.3 is 19.8 Å². The van der Waals surface area contributed by atoms with Crippen LogP contribution in [0.5, 0.6) is 5.75 Å². The number of imidazole rings is 1. The molecule has 0 aliphatic carbocycles. The number of nitrogens with two attached hydrogens (primary N) is 1. The SMILES string of the molecule is C[C@H](N)[C@@H]1CCCN(C(=O)c2cccc(OCc3cn4ccccc4n3)c2)C1. The van der Waals surface area contributed by atoms with Crippen molar-refractivity contribution in [3.8, 4) is 5.75 Å². The lowest BCUT2D eigenvalue weighted by atomic mass is 9.92. The number of fused-ring (bicyclic) bond motifs is 1. The molecule has 0 bridgehead atoms. The molecule has 1 saturated heterocycles. The quantitative estimate of drug-likeness (QED) is 0.740. The first-order valence-corrected chi connectivity index (χ1v) is 9.80. The van der Waals surface area contributed by atoms with Crippen molar-refractivity contribution in [2.45, 2.75) is 32.4 Å². The van der Waals surface area contributed by atoms with Crippen LogP contribution in [0.15, 0.2) is 54.9 Å². The third-order valence-corrected chi connectivity index (χ3v) is 5.37. The molecule has 1 aromatic carbocycles. The lowest BCUT2D eigenvalue weighted by molar-refractivity contribution is 0.0660. The number of ether oxygens (including phenoxy) is 1. The topological polar surface area (TPSA) is 72.9 Å². The lowest BCUT2D eigenvalue weighted by Crippen LogP contribution is -2.45. The molecule has 3 aromatic rings. The third kappa shape index (κ3) is 4.02. The Morgan fingerprint density at radius 1 is 1.32 bits per heavy atom. The van der Waals surface area contributed by atoms with Crippen LogP contribution in [0.25, 0.3) is 5.65 Å². The zero-order chi connectivity index (χ0) is 19.5. The summed E-state index contributed by atoms with van der Waals surface area (Å²) < 4.78 is 7.85. The Morgan fingerprint density at radius 3 is 3.04 bits per heavy atom. The average molecular weight is 378 g/mol. The molecule has 2 N–H and O–H groups in total. The standard InChI is InChI=1S/C22H26N4O2/c1-16(23)18-7-5-11-26(13-18)22(27)17-6-4-8-20(12-17)28-15-19-14-25-10-3-2-9-21(25)24-19/h2-4,6,8-10,12,14,16,18H,5,7,11,13,15,23H2,1H3/t16-,18+/m0/s1. The van der Waals surface area contributed by atoms with E-state index in [9.17, 15) is 4.79 Å². The highest BCUT2D eigenvalue weighted by atomic mass is 16.5. The maximum Gasteiger partial charge on any atom is 0.253 e. The van der Waals surface area contributed by atoms with Crippen molar-refractivity contribution < 1.29 is 9.53 Å². The van der Waals surface area contributed by atoms with E-state index in [0.717, 1.165) is 37.3 Å². The van der Waals surface area contributed by atoms with Gasteiger partial charge in [0, 0.05) is 37.1 Å². The van der Waals surface area contributed by atoms with Crippen LogP contribution in [0.4, 0.5) is 0 Å². The van der Waals surface area contributed by atoms with Crippen LogP contribution in [-0.2, 0) is 6.61 Å². The molecular weight excluding hydrogens is 352 g/mol. The zero-order valence-electron chi connectivity index (χ0n) is 16.1. The van der Waals surface area contributed by atoms with Gasteiger partial charge in [0.25, 0.3) is 5.91 Å². The zero-order valence-corrected chi connectivity index (χ0v) is 16.1. The smallest absolute Gasteiger partial charge is 0.253 e. The summed E-state index contributed by atoms with van der Waals surface area (Å²) in [5.41, 5.74) is 8.43. The van der Waals surface area contributed by atoms with Crippen LogP contribution in [0, 0.1) is 5.92 Å². The number of rotatable bonds is 5. The number of likely N-dealkylation sites (tertiary alicyclic amines) is 1. The second-order valence-electron chi connectivity index (χ2n) is 7.53. The first kappa shape index (κ1) is 18.5. The van der Waals surface area contributed by atoms with E-state index >= 15 is 0 Å². The number of pyridine rings is 1. The predicted octanol–water partition coefficient (Wildman–Crippen LogP) is 3.11. The fourth-order valence-corrected chi connectivity index (χ4v) is 3.74. The van der Waals surface area contributed by atoms with Gasteiger partial charge in [-0.25, -0.2) is 4.98 Å². The van der Waals surface area contributed by atoms with E-state index in [-0.39, 0.29) is 11.9 Å². The number of hydrogen-bond acceptors (Lipinski definition) is 4. The Morgan fingerprint density at radius 2 is 2.21 bits per heavy atom. The van der Waals surface area contributed by atoms with Gasteiger partial charge in [0.05, 0.1) is 5.69 Å². The predicted molar refractivity (Wildman–Crippen MR) is 108 cm³/mol. The number of carbonyl (C=O) groups excluding carboxylic acids is 1. The maximum absolute atomic E-state index is 12.9. The van der Waals surface area contributed by atoms with Crippen molar-refractivity contribution in [2.75, 3.05) is 13.1 Å². The van der Waals surface area contributed by atoms with Gasteiger partial charge in [-0.3, -0.25) is 4.79 Å². The molecule has 1 amide bonds. The van der Waals surface area contributed by atoms with Crippen LogP contribution < -0.4 is 10.5 Å². The number of carbonyl (C=O) groups is 1. The Balaban J connectivity index is 1.43. The third-order valence-electron chi connectivity index (χ3n) is 5.37. The highest BCUT2D eigenvalue weighted by molar-refractivity contribution is 5.94. The lowest BCUT2D eigenvalue weighted by Gasteiger charge is -2.34. The van der Waals surface area contributed by atoms with Crippen molar-refractivity contribution in [1.29, 1.82) is 0 Å². The molecule has 6 heteroatoms. The Labute approximate surface area is 164 Å². The molecule has 4 rings (SSSR count). The molecule has 0 unspecified atom stereocenters. The van der Waals surface area contributed by atoms with Crippen LogP contribution in [0.3, 0.4) is 0 Å². The normalized spacial score (nSPS) is 18.2.